The van der Waals surface area contributed by atoms with Gasteiger partial charge in [-0.05, 0) is 82.9 Å². The van der Waals surface area contributed by atoms with Crippen molar-refractivity contribution in [2.75, 3.05) is 0 Å². The molecule has 0 radical (unpaired) electrons. The van der Waals surface area contributed by atoms with E-state index < -0.39 is 101 Å². The Labute approximate surface area is 347 Å². The van der Waals surface area contributed by atoms with Gasteiger partial charge in [0, 0.05) is 43.7 Å². The first-order chi connectivity index (χ1) is 33.7. The highest BCUT2D eigenvalue weighted by atomic mass is 15.1. The van der Waals surface area contributed by atoms with E-state index >= 15 is 0 Å². The van der Waals surface area contributed by atoms with Gasteiger partial charge in [0.05, 0.1) is 56.6 Å². The first-order valence-electron chi connectivity index (χ1n) is 25.1. The van der Waals surface area contributed by atoms with Crippen LogP contribution in [-0.2, 0) is 0 Å². The second-order valence-corrected chi connectivity index (χ2v) is 13.9. The Balaban J connectivity index is 1.10. The van der Waals surface area contributed by atoms with Gasteiger partial charge in [0.2, 0.25) is 0 Å². The second-order valence-electron chi connectivity index (χ2n) is 13.9. The van der Waals surface area contributed by atoms with Crippen molar-refractivity contribution in [1.29, 1.82) is 0 Å². The molecular formula is C54H35N3. The molecule has 0 saturated heterocycles. The van der Waals surface area contributed by atoms with E-state index in [1.54, 1.807) is 4.57 Å². The van der Waals surface area contributed by atoms with Gasteiger partial charge >= 0.3 is 0 Å². The molecule has 0 unspecified atom stereocenters. The van der Waals surface area contributed by atoms with Crippen molar-refractivity contribution in [3.8, 4) is 39.3 Å². The van der Waals surface area contributed by atoms with Gasteiger partial charge in [-0.15, -0.1) is 0 Å². The Kier molecular flexibility index (Phi) is 4.69. The van der Waals surface area contributed by atoms with Crippen LogP contribution in [0.25, 0.3) is 105 Å². The summed E-state index contributed by atoms with van der Waals surface area (Å²) in [6, 6.07) is 35.8. The molecular weight excluding hydrogens is 691 g/mol. The molecule has 0 fully saturated rings. The van der Waals surface area contributed by atoms with Gasteiger partial charge in [-0.2, -0.15) is 0 Å². The Bertz CT molecular complexity index is 4160. The first kappa shape index (κ1) is 21.5. The molecule has 0 bridgehead atoms. The summed E-state index contributed by atoms with van der Waals surface area (Å²) in [5.74, 6) is 0. The molecule has 0 N–H and O–H groups in total. The zero-order valence-corrected chi connectivity index (χ0v) is 30.0. The summed E-state index contributed by atoms with van der Waals surface area (Å²) in [6.45, 7) is 0. The summed E-state index contributed by atoms with van der Waals surface area (Å²) >= 11 is 0. The third kappa shape index (κ3) is 4.79. The lowest BCUT2D eigenvalue weighted by atomic mass is 10.0. The fourth-order valence-corrected chi connectivity index (χ4v) is 8.45. The molecule has 12 aromatic rings. The molecule has 0 aliphatic rings. The van der Waals surface area contributed by atoms with Gasteiger partial charge in [0.1, 0.15) is 0 Å². The van der Waals surface area contributed by atoms with E-state index in [1.165, 1.54) is 0 Å². The van der Waals surface area contributed by atoms with Crippen LogP contribution in [0.4, 0.5) is 0 Å². The van der Waals surface area contributed by atoms with Crippen LogP contribution in [-0.4, -0.2) is 13.7 Å². The van der Waals surface area contributed by atoms with Gasteiger partial charge in [-0.25, -0.2) is 0 Å². The number of fused-ring (bicyclic) bond motifs is 9. The van der Waals surface area contributed by atoms with Crippen LogP contribution in [0.15, 0.2) is 212 Å². The van der Waals surface area contributed by atoms with Crippen LogP contribution in [0.3, 0.4) is 0 Å². The Morgan fingerprint density at radius 1 is 0.298 bits per heavy atom. The molecule has 3 aromatic heterocycles. The fraction of sp³-hybridized carbons (Fsp3) is 0. The summed E-state index contributed by atoms with van der Waals surface area (Å²) in [7, 11) is 0. The molecule has 0 atom stereocenters. The minimum atomic E-state index is -0.768. The van der Waals surface area contributed by atoms with Crippen LogP contribution in [0, 0.1) is 0 Å². The maximum absolute atomic E-state index is 9.67. The number of nitrogens with zero attached hydrogens (tertiary/aromatic N) is 3. The summed E-state index contributed by atoms with van der Waals surface area (Å²) in [4.78, 5) is 0. The smallest absolute Gasteiger partial charge is 0.0782 e. The average Bonchev–Trinajstić information content (AvgIpc) is 4.02. The van der Waals surface area contributed by atoms with Crippen molar-refractivity contribution in [3.63, 3.8) is 0 Å². The van der Waals surface area contributed by atoms with E-state index in [0.29, 0.717) is 16.7 Å². The van der Waals surface area contributed by atoms with E-state index in [1.807, 2.05) is 84.9 Å². The van der Waals surface area contributed by atoms with Crippen LogP contribution >= 0.6 is 0 Å². The van der Waals surface area contributed by atoms with E-state index in [4.69, 9.17) is 12.3 Å². The molecule has 0 aliphatic heterocycles. The summed E-state index contributed by atoms with van der Waals surface area (Å²) < 4.78 is 122. The number of aromatic nitrogens is 3. The maximum atomic E-state index is 9.67. The normalized spacial score (nSPS) is 15.1. The van der Waals surface area contributed by atoms with Crippen molar-refractivity contribution in [3.05, 3.63) is 212 Å². The standard InChI is InChI=1S/C54H35N3/c1-2-13-36(14-3-1)37-25-27-38(28-26-37)39-29-31-40(32-30-39)56-50-22-10-6-17-44(50)46-19-12-24-53(54(46)56)57-51-23-11-7-18-45(51)47-35-41(33-34-52(47)57)55-48-20-8-4-15-42(48)43-16-5-9-21-49(43)55/h1-35H/i1D,2D,3D,13D,14D,25D,26D,27D,28D,29D,30D,31D,32D. The maximum Gasteiger partial charge on any atom is 0.0782 e. The fourth-order valence-electron chi connectivity index (χ4n) is 8.45. The average molecular weight is 739 g/mol. The first-order valence-corrected chi connectivity index (χ1v) is 18.6. The van der Waals surface area contributed by atoms with E-state index in [9.17, 15) is 5.48 Å². The molecule has 3 heterocycles. The molecule has 0 amide bonds. The summed E-state index contributed by atoms with van der Waals surface area (Å²) in [6.07, 6.45) is 0. The van der Waals surface area contributed by atoms with E-state index in [0.717, 1.165) is 60.1 Å². The van der Waals surface area contributed by atoms with Gasteiger partial charge < -0.3 is 13.7 Å². The minimum absolute atomic E-state index is 0.0992. The van der Waals surface area contributed by atoms with Crippen LogP contribution in [0.2, 0.25) is 0 Å². The number of rotatable bonds is 5. The second kappa shape index (κ2) is 12.5. The summed E-state index contributed by atoms with van der Waals surface area (Å²) in [5, 5.41) is 5.85. The van der Waals surface area contributed by atoms with Crippen LogP contribution in [0.5, 0.6) is 0 Å². The van der Waals surface area contributed by atoms with Crippen molar-refractivity contribution in [1.82, 2.24) is 13.7 Å². The molecule has 57 heavy (non-hydrogen) atoms. The molecule has 266 valence electrons. The zero-order valence-electron chi connectivity index (χ0n) is 43.0. The third-order valence-electron chi connectivity index (χ3n) is 10.9. The molecule has 3 heteroatoms. The van der Waals surface area contributed by atoms with Crippen LogP contribution in [0.1, 0.15) is 17.8 Å². The predicted molar refractivity (Wildman–Crippen MR) is 240 cm³/mol. The monoisotopic (exact) mass is 738 g/mol. The van der Waals surface area contributed by atoms with Gasteiger partial charge in [-0.1, -0.05) is 151 Å². The molecule has 0 saturated carbocycles. The van der Waals surface area contributed by atoms with Crippen molar-refractivity contribution >= 4 is 65.4 Å². The predicted octanol–water partition coefficient (Wildman–Crippen LogP) is 14.3. The lowest BCUT2D eigenvalue weighted by Gasteiger charge is -2.15. The molecule has 3 nitrogen and oxygen atoms in total. The van der Waals surface area contributed by atoms with Gasteiger partial charge in [0.25, 0.3) is 0 Å². The lowest BCUT2D eigenvalue weighted by molar-refractivity contribution is 1.13. The van der Waals surface area contributed by atoms with Gasteiger partial charge in [-0.3, -0.25) is 0 Å². The molecule has 9 aromatic carbocycles. The highest BCUT2D eigenvalue weighted by Crippen LogP contribution is 2.41. The summed E-state index contributed by atoms with van der Waals surface area (Å²) in [5.41, 5.74) is 4.64. The largest absolute Gasteiger partial charge is 0.309 e. The number of para-hydroxylation sites is 5. The molecule has 0 aliphatic carbocycles. The third-order valence-corrected chi connectivity index (χ3v) is 10.9. The van der Waals surface area contributed by atoms with Gasteiger partial charge in [0.15, 0.2) is 0 Å². The number of benzene rings is 9. The van der Waals surface area contributed by atoms with Crippen molar-refractivity contribution in [2.45, 2.75) is 0 Å². The Morgan fingerprint density at radius 3 is 1.33 bits per heavy atom. The minimum Gasteiger partial charge on any atom is -0.309 e. The SMILES string of the molecule is [2H]c1c([2H])c([2H])c(-c2c([2H])c([2H])c(-c3c([2H])c([2H])c(-n4c5ccccc5c5cccc(-n6c7ccccc7c7cc(-n8c9ccccc9c9ccccc98)ccc76)c54)c([2H])c3[2H])c([2H])c2[2H])c([2H])c1[2H]. The molecule has 0 spiro atoms. The number of hydrogen-bond donors (Lipinski definition) is 0. The van der Waals surface area contributed by atoms with Crippen LogP contribution < -0.4 is 0 Å². The van der Waals surface area contributed by atoms with E-state index in [2.05, 4.69) is 57.7 Å². The van der Waals surface area contributed by atoms with Crippen molar-refractivity contribution in [2.24, 2.45) is 0 Å². The Hall–Kier alpha value is -7.62. The lowest BCUT2D eigenvalue weighted by Crippen LogP contribution is -2.01. The van der Waals surface area contributed by atoms with Crippen molar-refractivity contribution < 1.29 is 17.8 Å². The Morgan fingerprint density at radius 2 is 0.737 bits per heavy atom. The quantitative estimate of drug-likeness (QED) is 0.167. The highest BCUT2D eigenvalue weighted by Gasteiger charge is 2.21. The van der Waals surface area contributed by atoms with E-state index in [-0.39, 0.29) is 5.69 Å². The zero-order chi connectivity index (χ0) is 48.8. The number of hydrogen-bond acceptors (Lipinski definition) is 0. The topological polar surface area (TPSA) is 14.8 Å². The molecule has 12 rings (SSSR count). The highest BCUT2D eigenvalue weighted by molar-refractivity contribution is 6.16.